The largest absolute Gasteiger partial charge is 0.313 e. The fourth-order valence-electron chi connectivity index (χ4n) is 1.47. The Bertz CT molecular complexity index is 457. The second-order valence-electron chi connectivity index (χ2n) is 4.20. The summed E-state index contributed by atoms with van der Waals surface area (Å²) in [5, 5.41) is 3.07. The third kappa shape index (κ3) is 6.07. The first-order valence-electron chi connectivity index (χ1n) is 5.64. The topological polar surface area (TPSA) is 46.2 Å². The summed E-state index contributed by atoms with van der Waals surface area (Å²) in [6, 6.07) is 6.09. The van der Waals surface area contributed by atoms with Crippen molar-refractivity contribution in [3.63, 3.8) is 0 Å². The van der Waals surface area contributed by atoms with E-state index in [0.717, 1.165) is 5.56 Å². The van der Waals surface area contributed by atoms with Crippen LogP contribution in [0, 0.1) is 0 Å². The molecule has 0 aliphatic carbocycles. The highest BCUT2D eigenvalue weighted by atomic mass is 32.2. The summed E-state index contributed by atoms with van der Waals surface area (Å²) in [6.07, 6.45) is -0.689. The number of hydrogen-bond donors (Lipinski definition) is 1. The molecule has 0 bridgehead atoms. The summed E-state index contributed by atoms with van der Waals surface area (Å²) in [6.45, 7) is 1.14. The van der Waals surface area contributed by atoms with Gasteiger partial charge >= 0.3 is 0 Å². The highest BCUT2D eigenvalue weighted by Gasteiger charge is 2.05. The molecule has 0 aliphatic rings. The lowest BCUT2D eigenvalue weighted by molar-refractivity contribution is 0.151. The summed E-state index contributed by atoms with van der Waals surface area (Å²) in [5.41, 5.74) is 0.912. The van der Waals surface area contributed by atoms with E-state index in [-0.39, 0.29) is 11.3 Å². The first-order chi connectivity index (χ1) is 8.38. The molecule has 18 heavy (non-hydrogen) atoms. The Hall–Kier alpha value is -1.01. The maximum atomic E-state index is 12.3. The summed E-state index contributed by atoms with van der Waals surface area (Å²) in [4.78, 5) is 0. The van der Waals surface area contributed by atoms with Crippen LogP contribution in [0.5, 0.6) is 0 Å². The van der Waals surface area contributed by atoms with Gasteiger partial charge in [-0.2, -0.15) is 0 Å². The predicted molar refractivity (Wildman–Crippen MR) is 67.4 cm³/mol. The van der Waals surface area contributed by atoms with Gasteiger partial charge in [0.2, 0.25) is 0 Å². The van der Waals surface area contributed by atoms with E-state index >= 15 is 0 Å². The molecule has 0 unspecified atom stereocenters. The number of alkyl halides is 2. The van der Waals surface area contributed by atoms with Crippen molar-refractivity contribution in [2.24, 2.45) is 0 Å². The normalized spacial score (nSPS) is 12.0. The molecule has 0 amide bonds. The molecule has 0 saturated heterocycles. The smallest absolute Gasteiger partial charge is 0.263 e. The van der Waals surface area contributed by atoms with Crippen LogP contribution in [0.3, 0.4) is 0 Å². The van der Waals surface area contributed by atoms with Gasteiger partial charge in [-0.05, 0) is 18.5 Å². The van der Waals surface area contributed by atoms with Gasteiger partial charge in [0.1, 0.15) is 9.84 Å². The highest BCUT2D eigenvalue weighted by Crippen LogP contribution is 2.18. The van der Waals surface area contributed by atoms with E-state index in [1.54, 1.807) is 12.1 Å². The van der Waals surface area contributed by atoms with Crippen molar-refractivity contribution >= 4 is 9.84 Å². The van der Waals surface area contributed by atoms with Crippen LogP contribution < -0.4 is 5.32 Å². The molecule has 1 aromatic carbocycles. The molecular weight excluding hydrogens is 260 g/mol. The summed E-state index contributed by atoms with van der Waals surface area (Å²) >= 11 is 0. The zero-order chi connectivity index (χ0) is 13.6. The number of hydrogen-bond acceptors (Lipinski definition) is 3. The monoisotopic (exact) mass is 277 g/mol. The quantitative estimate of drug-likeness (QED) is 0.777. The Morgan fingerprint density at radius 2 is 1.83 bits per heavy atom. The van der Waals surface area contributed by atoms with Crippen LogP contribution in [-0.2, 0) is 16.4 Å². The van der Waals surface area contributed by atoms with Crippen molar-refractivity contribution in [3.8, 4) is 0 Å². The average molecular weight is 277 g/mol. The molecule has 0 aliphatic heterocycles. The molecule has 0 aromatic heterocycles. The van der Waals surface area contributed by atoms with E-state index in [0.29, 0.717) is 19.5 Å². The van der Waals surface area contributed by atoms with Gasteiger partial charge in [0.25, 0.3) is 6.43 Å². The van der Waals surface area contributed by atoms with E-state index in [1.807, 2.05) is 0 Å². The molecule has 1 N–H and O–H groups in total. The Morgan fingerprint density at radius 3 is 2.33 bits per heavy atom. The maximum absolute atomic E-state index is 12.3. The zero-order valence-electron chi connectivity index (χ0n) is 10.2. The molecule has 0 radical (unpaired) electrons. The number of halogens is 2. The first-order valence-corrected chi connectivity index (χ1v) is 7.70. The fraction of sp³-hybridized carbons (Fsp3) is 0.500. The van der Waals surface area contributed by atoms with Gasteiger partial charge in [0.05, 0.1) is 5.75 Å². The zero-order valence-corrected chi connectivity index (χ0v) is 11.0. The Labute approximate surface area is 106 Å². The Kier molecular flexibility index (Phi) is 5.68. The molecule has 0 heterocycles. The highest BCUT2D eigenvalue weighted by molar-refractivity contribution is 7.90. The Morgan fingerprint density at radius 1 is 1.22 bits per heavy atom. The lowest BCUT2D eigenvalue weighted by Gasteiger charge is -2.05. The minimum Gasteiger partial charge on any atom is -0.313 e. The lowest BCUT2D eigenvalue weighted by Crippen LogP contribution is -2.17. The predicted octanol–water partition coefficient (Wildman–Crippen LogP) is 2.15. The number of nitrogens with one attached hydrogen (secondary N) is 1. The SMILES string of the molecule is CS(=O)(=O)CCCNCc1ccc(C(F)F)cc1. The summed E-state index contributed by atoms with van der Waals surface area (Å²) < 4.78 is 46.3. The minimum atomic E-state index is -2.91. The van der Waals surface area contributed by atoms with Crippen LogP contribution in [0.2, 0.25) is 0 Å². The van der Waals surface area contributed by atoms with E-state index < -0.39 is 16.3 Å². The second-order valence-corrected chi connectivity index (χ2v) is 6.46. The first kappa shape index (κ1) is 15.0. The minimum absolute atomic E-state index is 0.0100. The molecule has 102 valence electrons. The standard InChI is InChI=1S/C12H17F2NO2S/c1-18(16,17)8-2-7-15-9-10-3-5-11(6-4-10)12(13)14/h3-6,12,15H,2,7-9H2,1H3. The molecule has 1 rings (SSSR count). The Balaban J connectivity index is 2.27. The van der Waals surface area contributed by atoms with Gasteiger partial charge in [-0.15, -0.1) is 0 Å². The van der Waals surface area contributed by atoms with Crippen LogP contribution in [0.25, 0.3) is 0 Å². The third-order valence-electron chi connectivity index (χ3n) is 2.43. The molecule has 6 heteroatoms. The van der Waals surface area contributed by atoms with Crippen LogP contribution in [0.4, 0.5) is 8.78 Å². The van der Waals surface area contributed by atoms with Crippen molar-refractivity contribution in [3.05, 3.63) is 35.4 Å². The van der Waals surface area contributed by atoms with Gasteiger partial charge in [0.15, 0.2) is 0 Å². The van der Waals surface area contributed by atoms with Crippen molar-refractivity contribution < 1.29 is 17.2 Å². The van der Waals surface area contributed by atoms with Gasteiger partial charge in [-0.3, -0.25) is 0 Å². The molecule has 0 saturated carbocycles. The summed E-state index contributed by atoms with van der Waals surface area (Å²) in [5.74, 6) is 0.157. The molecule has 0 spiro atoms. The summed E-state index contributed by atoms with van der Waals surface area (Å²) in [7, 11) is -2.91. The molecule has 3 nitrogen and oxygen atoms in total. The van der Waals surface area contributed by atoms with Crippen molar-refractivity contribution in [1.29, 1.82) is 0 Å². The third-order valence-corrected chi connectivity index (χ3v) is 3.46. The van der Waals surface area contributed by atoms with E-state index in [4.69, 9.17) is 0 Å². The number of rotatable bonds is 7. The molecule has 0 atom stereocenters. The van der Waals surface area contributed by atoms with Crippen LogP contribution >= 0.6 is 0 Å². The van der Waals surface area contributed by atoms with Crippen LogP contribution in [0.1, 0.15) is 24.0 Å². The maximum Gasteiger partial charge on any atom is 0.263 e. The van der Waals surface area contributed by atoms with Crippen molar-refractivity contribution in [1.82, 2.24) is 5.32 Å². The second kappa shape index (κ2) is 6.80. The fourth-order valence-corrected chi connectivity index (χ4v) is 2.14. The molecule has 1 aromatic rings. The van der Waals surface area contributed by atoms with E-state index in [9.17, 15) is 17.2 Å². The molecule has 0 fully saturated rings. The number of sulfone groups is 1. The van der Waals surface area contributed by atoms with Crippen LogP contribution in [-0.4, -0.2) is 27.0 Å². The van der Waals surface area contributed by atoms with Crippen molar-refractivity contribution in [2.45, 2.75) is 19.4 Å². The van der Waals surface area contributed by atoms with Gasteiger partial charge in [-0.25, -0.2) is 17.2 Å². The van der Waals surface area contributed by atoms with Gasteiger partial charge in [0, 0.05) is 18.4 Å². The van der Waals surface area contributed by atoms with Crippen molar-refractivity contribution in [2.75, 3.05) is 18.6 Å². The average Bonchev–Trinajstić information content (AvgIpc) is 2.27. The number of benzene rings is 1. The molecular formula is C12H17F2NO2S. The van der Waals surface area contributed by atoms with Crippen LogP contribution in [0.15, 0.2) is 24.3 Å². The van der Waals surface area contributed by atoms with Gasteiger partial charge < -0.3 is 5.32 Å². The van der Waals surface area contributed by atoms with E-state index in [2.05, 4.69) is 5.32 Å². The van der Waals surface area contributed by atoms with E-state index in [1.165, 1.54) is 18.4 Å². The van der Waals surface area contributed by atoms with Gasteiger partial charge in [-0.1, -0.05) is 24.3 Å². The lowest BCUT2D eigenvalue weighted by atomic mass is 10.1.